The molecule has 0 aromatic heterocycles. The molecule has 0 N–H and O–H groups in total. The molecule has 0 aromatic rings. The zero-order chi connectivity index (χ0) is 13.4. The standard InChI is InChI=1S/C15H26O3/c1-4-7-9-12-15(11-8-5-2)13(10-6-3)17-14(16)18-15/h6,10,13H,4-5,7-9,11-12H2,1-3H3/b10-6+/t13-,15?/m0/s1. The van der Waals surface area contributed by atoms with Gasteiger partial charge in [0.2, 0.25) is 0 Å². The number of carbonyl (C=O) groups is 1. The van der Waals surface area contributed by atoms with Crippen LogP contribution in [0.3, 0.4) is 0 Å². The van der Waals surface area contributed by atoms with Gasteiger partial charge in [0.05, 0.1) is 0 Å². The van der Waals surface area contributed by atoms with Crippen molar-refractivity contribution in [3.05, 3.63) is 12.2 Å². The Kier molecular flexibility index (Phi) is 6.23. The number of ether oxygens (including phenoxy) is 2. The summed E-state index contributed by atoms with van der Waals surface area (Å²) in [6.07, 6.45) is 10.6. The molecule has 104 valence electrons. The van der Waals surface area contributed by atoms with Gasteiger partial charge in [-0.15, -0.1) is 0 Å². The first-order valence-corrected chi connectivity index (χ1v) is 7.21. The molecule has 1 unspecified atom stereocenters. The maximum Gasteiger partial charge on any atom is 0.509 e. The highest BCUT2D eigenvalue weighted by atomic mass is 16.8. The van der Waals surface area contributed by atoms with E-state index in [4.69, 9.17) is 9.47 Å². The number of unbranched alkanes of at least 4 members (excludes halogenated alkanes) is 3. The van der Waals surface area contributed by atoms with E-state index in [2.05, 4.69) is 13.8 Å². The fourth-order valence-corrected chi connectivity index (χ4v) is 2.51. The molecule has 1 fully saturated rings. The van der Waals surface area contributed by atoms with E-state index >= 15 is 0 Å². The van der Waals surface area contributed by atoms with Crippen LogP contribution in [0.1, 0.15) is 65.7 Å². The van der Waals surface area contributed by atoms with Crippen LogP contribution in [0.15, 0.2) is 12.2 Å². The molecule has 2 atom stereocenters. The highest BCUT2D eigenvalue weighted by Crippen LogP contribution is 2.37. The predicted molar refractivity (Wildman–Crippen MR) is 72.6 cm³/mol. The molecule has 18 heavy (non-hydrogen) atoms. The van der Waals surface area contributed by atoms with E-state index in [9.17, 15) is 4.79 Å². The van der Waals surface area contributed by atoms with Crippen LogP contribution < -0.4 is 0 Å². The fourth-order valence-electron chi connectivity index (χ4n) is 2.51. The third kappa shape index (κ3) is 3.76. The van der Waals surface area contributed by atoms with Gasteiger partial charge in [0.25, 0.3) is 0 Å². The van der Waals surface area contributed by atoms with E-state index in [1.165, 1.54) is 12.8 Å². The Bertz CT molecular complexity index is 285. The number of hydrogen-bond acceptors (Lipinski definition) is 3. The first kappa shape index (κ1) is 15.1. The predicted octanol–water partition coefficient (Wildman–Crippen LogP) is 4.61. The topological polar surface area (TPSA) is 35.5 Å². The first-order valence-electron chi connectivity index (χ1n) is 7.21. The van der Waals surface area contributed by atoms with Crippen molar-refractivity contribution in [3.8, 4) is 0 Å². The maximum absolute atomic E-state index is 11.5. The van der Waals surface area contributed by atoms with Crippen molar-refractivity contribution in [2.45, 2.75) is 77.4 Å². The van der Waals surface area contributed by atoms with Crippen LogP contribution in [-0.4, -0.2) is 17.9 Å². The van der Waals surface area contributed by atoms with Gasteiger partial charge in [-0.05, 0) is 38.7 Å². The Hall–Kier alpha value is -0.990. The van der Waals surface area contributed by atoms with E-state index in [1.807, 2.05) is 19.1 Å². The highest BCUT2D eigenvalue weighted by molar-refractivity contribution is 5.64. The van der Waals surface area contributed by atoms with Crippen LogP contribution in [0.4, 0.5) is 4.79 Å². The molecule has 0 aliphatic carbocycles. The summed E-state index contributed by atoms with van der Waals surface area (Å²) < 4.78 is 10.8. The van der Waals surface area contributed by atoms with Crippen molar-refractivity contribution < 1.29 is 14.3 Å². The van der Waals surface area contributed by atoms with Crippen LogP contribution in [0.25, 0.3) is 0 Å². The summed E-state index contributed by atoms with van der Waals surface area (Å²) >= 11 is 0. The number of rotatable bonds is 8. The minimum Gasteiger partial charge on any atom is -0.423 e. The third-order valence-electron chi connectivity index (χ3n) is 3.55. The third-order valence-corrected chi connectivity index (χ3v) is 3.55. The molecule has 1 aliphatic heterocycles. The van der Waals surface area contributed by atoms with Crippen LogP contribution in [0.2, 0.25) is 0 Å². The van der Waals surface area contributed by atoms with Crippen LogP contribution in [-0.2, 0) is 9.47 Å². The van der Waals surface area contributed by atoms with Gasteiger partial charge in [-0.2, -0.15) is 0 Å². The molecule has 3 nitrogen and oxygen atoms in total. The molecule has 1 rings (SSSR count). The Morgan fingerprint density at radius 3 is 2.44 bits per heavy atom. The van der Waals surface area contributed by atoms with Gasteiger partial charge >= 0.3 is 6.16 Å². The van der Waals surface area contributed by atoms with Crippen LogP contribution in [0, 0.1) is 0 Å². The molecule has 1 saturated heterocycles. The molecule has 1 heterocycles. The van der Waals surface area contributed by atoms with E-state index in [-0.39, 0.29) is 6.10 Å². The normalized spacial score (nSPS) is 27.5. The average Bonchev–Trinajstić information content (AvgIpc) is 2.65. The largest absolute Gasteiger partial charge is 0.509 e. The van der Waals surface area contributed by atoms with Gasteiger partial charge < -0.3 is 9.47 Å². The molecule has 0 aromatic carbocycles. The molecular weight excluding hydrogens is 228 g/mol. The van der Waals surface area contributed by atoms with Crippen molar-refractivity contribution >= 4 is 6.16 Å². The molecule has 1 aliphatic rings. The molecule has 0 saturated carbocycles. The van der Waals surface area contributed by atoms with Crippen molar-refractivity contribution in [2.75, 3.05) is 0 Å². The van der Waals surface area contributed by atoms with Crippen molar-refractivity contribution in [2.24, 2.45) is 0 Å². The summed E-state index contributed by atoms with van der Waals surface area (Å²) in [4.78, 5) is 11.5. The van der Waals surface area contributed by atoms with Gasteiger partial charge in [0, 0.05) is 0 Å². The summed E-state index contributed by atoms with van der Waals surface area (Å²) in [5.74, 6) is 0. The molecule has 0 bridgehead atoms. The summed E-state index contributed by atoms with van der Waals surface area (Å²) in [5, 5.41) is 0. The first-order chi connectivity index (χ1) is 8.68. The maximum atomic E-state index is 11.5. The number of carbonyl (C=O) groups excluding carboxylic acids is 1. The molecule has 3 heteroatoms. The molecular formula is C15H26O3. The van der Waals surface area contributed by atoms with Gasteiger partial charge in [-0.25, -0.2) is 4.79 Å². The zero-order valence-electron chi connectivity index (χ0n) is 11.9. The number of allylic oxidation sites excluding steroid dienone is 1. The summed E-state index contributed by atoms with van der Waals surface area (Å²) in [6, 6.07) is 0. The number of hydrogen-bond donors (Lipinski definition) is 0. The minimum atomic E-state index is -0.509. The van der Waals surface area contributed by atoms with Gasteiger partial charge in [0.15, 0.2) is 11.7 Å². The quantitative estimate of drug-likeness (QED) is 0.360. The van der Waals surface area contributed by atoms with Crippen molar-refractivity contribution in [1.29, 1.82) is 0 Å². The van der Waals surface area contributed by atoms with Crippen molar-refractivity contribution in [3.63, 3.8) is 0 Å². The van der Waals surface area contributed by atoms with Crippen molar-refractivity contribution in [1.82, 2.24) is 0 Å². The van der Waals surface area contributed by atoms with Crippen LogP contribution >= 0.6 is 0 Å². The lowest BCUT2D eigenvalue weighted by atomic mass is 9.85. The van der Waals surface area contributed by atoms with E-state index in [1.54, 1.807) is 0 Å². The van der Waals surface area contributed by atoms with E-state index < -0.39 is 11.8 Å². The smallest absolute Gasteiger partial charge is 0.423 e. The lowest BCUT2D eigenvalue weighted by Crippen LogP contribution is -2.38. The summed E-state index contributed by atoms with van der Waals surface area (Å²) in [6.45, 7) is 6.28. The van der Waals surface area contributed by atoms with E-state index in [0.29, 0.717) is 0 Å². The minimum absolute atomic E-state index is 0.210. The highest BCUT2D eigenvalue weighted by Gasteiger charge is 2.48. The Morgan fingerprint density at radius 1 is 1.17 bits per heavy atom. The Labute approximate surface area is 111 Å². The van der Waals surface area contributed by atoms with Gasteiger partial charge in [-0.1, -0.05) is 39.2 Å². The summed E-state index contributed by atoms with van der Waals surface area (Å²) in [7, 11) is 0. The molecule has 0 amide bonds. The van der Waals surface area contributed by atoms with E-state index in [0.717, 1.165) is 32.1 Å². The van der Waals surface area contributed by atoms with Gasteiger partial charge in [-0.3, -0.25) is 0 Å². The van der Waals surface area contributed by atoms with Crippen LogP contribution in [0.5, 0.6) is 0 Å². The monoisotopic (exact) mass is 254 g/mol. The lowest BCUT2D eigenvalue weighted by molar-refractivity contribution is 0.0226. The average molecular weight is 254 g/mol. The van der Waals surface area contributed by atoms with Gasteiger partial charge in [0.1, 0.15) is 0 Å². The summed E-state index contributed by atoms with van der Waals surface area (Å²) in [5.41, 5.74) is -0.422. The fraction of sp³-hybridized carbons (Fsp3) is 0.800. The zero-order valence-corrected chi connectivity index (χ0v) is 11.9. The second-order valence-corrected chi connectivity index (χ2v) is 5.04. The molecule has 0 spiro atoms. The Morgan fingerprint density at radius 2 is 1.83 bits per heavy atom. The SMILES string of the molecule is C/C=C/[C@@H]1OC(=O)OC1(CCCC)CCCCC. The number of cyclic esters (lactones) is 2. The second-order valence-electron chi connectivity index (χ2n) is 5.04. The Balaban J connectivity index is 2.75. The lowest BCUT2D eigenvalue weighted by Gasteiger charge is -2.29. The molecule has 0 radical (unpaired) electrons. The second kappa shape index (κ2) is 7.45.